The average Bonchev–Trinajstić information content (AvgIpc) is 2.79. The molecule has 92 valence electrons. The lowest BCUT2D eigenvalue weighted by Gasteiger charge is -2.20. The van der Waals surface area contributed by atoms with Gasteiger partial charge in [-0.3, -0.25) is 4.79 Å². The first-order valence-corrected chi connectivity index (χ1v) is 6.49. The minimum Gasteiger partial charge on any atom is -0.321 e. The van der Waals surface area contributed by atoms with Gasteiger partial charge in [0.25, 0.3) is 0 Å². The molecule has 1 aromatic rings. The van der Waals surface area contributed by atoms with Crippen molar-refractivity contribution in [1.82, 2.24) is 0 Å². The lowest BCUT2D eigenvalue weighted by molar-refractivity contribution is -0.124. The Morgan fingerprint density at radius 1 is 1.35 bits per heavy atom. The highest BCUT2D eigenvalue weighted by Crippen LogP contribution is 2.29. The Kier molecular flexibility index (Phi) is 3.63. The van der Waals surface area contributed by atoms with Crippen molar-refractivity contribution in [2.75, 3.05) is 0 Å². The Balaban J connectivity index is 2.05. The van der Waals surface area contributed by atoms with Gasteiger partial charge in [-0.2, -0.15) is 0 Å². The van der Waals surface area contributed by atoms with Crippen molar-refractivity contribution >= 4 is 5.78 Å². The summed E-state index contributed by atoms with van der Waals surface area (Å²) in [6.07, 6.45) is 2.80. The zero-order valence-electron chi connectivity index (χ0n) is 10.6. The van der Waals surface area contributed by atoms with Crippen LogP contribution >= 0.6 is 0 Å². The molecule has 0 fully saturated rings. The fourth-order valence-corrected chi connectivity index (χ4v) is 2.61. The molecule has 1 aliphatic rings. The van der Waals surface area contributed by atoms with Crippen LogP contribution in [-0.4, -0.2) is 11.8 Å². The summed E-state index contributed by atoms with van der Waals surface area (Å²) in [5, 5.41) is 0. The summed E-state index contributed by atoms with van der Waals surface area (Å²) in [5.41, 5.74) is 8.86. The molecule has 0 radical (unpaired) electrons. The van der Waals surface area contributed by atoms with E-state index in [4.69, 9.17) is 5.73 Å². The maximum Gasteiger partial charge on any atom is 0.152 e. The Bertz CT molecular complexity index is 388. The molecule has 0 heterocycles. The fraction of sp³-hybridized carbons (Fsp3) is 0.533. The number of nitrogens with two attached hydrogens (primary N) is 1. The number of carbonyl (C=O) groups is 1. The second kappa shape index (κ2) is 5.01. The maximum absolute atomic E-state index is 12.1. The van der Waals surface area contributed by atoms with E-state index in [1.807, 2.05) is 13.8 Å². The van der Waals surface area contributed by atoms with Crippen molar-refractivity contribution in [1.29, 1.82) is 0 Å². The predicted molar refractivity (Wildman–Crippen MR) is 69.8 cm³/mol. The molecule has 0 aromatic heterocycles. The number of hydrogen-bond donors (Lipinski definition) is 1. The zero-order valence-corrected chi connectivity index (χ0v) is 10.6. The van der Waals surface area contributed by atoms with Crippen LogP contribution in [0.1, 0.15) is 31.4 Å². The van der Waals surface area contributed by atoms with E-state index in [0.717, 1.165) is 19.3 Å². The molecule has 1 aromatic carbocycles. The smallest absolute Gasteiger partial charge is 0.152 e. The van der Waals surface area contributed by atoms with E-state index >= 15 is 0 Å². The molecule has 2 atom stereocenters. The highest BCUT2D eigenvalue weighted by atomic mass is 16.1. The number of hydrogen-bond acceptors (Lipinski definition) is 2. The number of ketones is 1. The first-order chi connectivity index (χ1) is 8.13. The summed E-state index contributed by atoms with van der Waals surface area (Å²) in [7, 11) is 0. The van der Waals surface area contributed by atoms with Gasteiger partial charge >= 0.3 is 0 Å². The average molecular weight is 231 g/mol. The van der Waals surface area contributed by atoms with Crippen LogP contribution in [-0.2, 0) is 17.6 Å². The van der Waals surface area contributed by atoms with Gasteiger partial charge in [-0.05, 0) is 36.3 Å². The summed E-state index contributed by atoms with van der Waals surface area (Å²) in [6.45, 7) is 4.02. The molecule has 0 aliphatic heterocycles. The lowest BCUT2D eigenvalue weighted by Crippen LogP contribution is -2.41. The molecule has 0 saturated heterocycles. The summed E-state index contributed by atoms with van der Waals surface area (Å²) < 4.78 is 0. The van der Waals surface area contributed by atoms with E-state index in [-0.39, 0.29) is 17.7 Å². The number of benzene rings is 1. The predicted octanol–water partition coefficient (Wildman–Crippen LogP) is 2.34. The number of carbonyl (C=O) groups excluding carboxylic acids is 1. The minimum atomic E-state index is -0.294. The molecule has 0 amide bonds. The van der Waals surface area contributed by atoms with Crippen LogP contribution in [0, 0.1) is 11.8 Å². The fourth-order valence-electron chi connectivity index (χ4n) is 2.61. The summed E-state index contributed by atoms with van der Waals surface area (Å²) in [5.74, 6) is 0.618. The Hall–Kier alpha value is -1.15. The first kappa shape index (κ1) is 12.3. The minimum absolute atomic E-state index is 0.0914. The quantitative estimate of drug-likeness (QED) is 0.864. The third-order valence-electron chi connectivity index (χ3n) is 4.02. The van der Waals surface area contributed by atoms with Crippen LogP contribution in [0.25, 0.3) is 0 Å². The normalized spacial score (nSPS) is 18.8. The van der Waals surface area contributed by atoms with Gasteiger partial charge < -0.3 is 5.73 Å². The lowest BCUT2D eigenvalue weighted by atomic mass is 9.87. The third kappa shape index (κ3) is 2.42. The van der Waals surface area contributed by atoms with Crippen LogP contribution in [0.2, 0.25) is 0 Å². The van der Waals surface area contributed by atoms with E-state index in [1.165, 1.54) is 11.1 Å². The zero-order chi connectivity index (χ0) is 12.4. The molecule has 2 unspecified atom stereocenters. The molecular formula is C15H21NO. The topological polar surface area (TPSA) is 43.1 Å². The van der Waals surface area contributed by atoms with Crippen molar-refractivity contribution < 1.29 is 4.79 Å². The summed E-state index contributed by atoms with van der Waals surface area (Å²) in [4.78, 5) is 12.1. The standard InChI is InChI=1S/C15H21NO/c1-3-10(2)15(17)14(16)13-8-11-6-4-5-7-12(11)9-13/h4-7,10,13-14H,3,8-9,16H2,1-2H3. The van der Waals surface area contributed by atoms with Gasteiger partial charge in [0.2, 0.25) is 0 Å². The third-order valence-corrected chi connectivity index (χ3v) is 4.02. The molecule has 1 aliphatic carbocycles. The molecule has 0 saturated carbocycles. The molecule has 17 heavy (non-hydrogen) atoms. The Morgan fingerprint density at radius 3 is 2.35 bits per heavy atom. The number of Topliss-reactive ketones (excluding diaryl/α,β-unsaturated/α-hetero) is 1. The van der Waals surface area contributed by atoms with E-state index in [2.05, 4.69) is 24.3 Å². The summed E-state index contributed by atoms with van der Waals surface area (Å²) in [6, 6.07) is 8.12. The summed E-state index contributed by atoms with van der Waals surface area (Å²) >= 11 is 0. The van der Waals surface area contributed by atoms with Crippen molar-refractivity contribution in [2.45, 2.75) is 39.2 Å². The number of rotatable bonds is 4. The van der Waals surface area contributed by atoms with Gasteiger partial charge in [0, 0.05) is 5.92 Å². The molecule has 0 bridgehead atoms. The largest absolute Gasteiger partial charge is 0.321 e. The Labute approximate surface area is 103 Å². The number of fused-ring (bicyclic) bond motifs is 1. The van der Waals surface area contributed by atoms with Crippen LogP contribution in [0.4, 0.5) is 0 Å². The van der Waals surface area contributed by atoms with Gasteiger partial charge in [0.15, 0.2) is 5.78 Å². The van der Waals surface area contributed by atoms with Crippen molar-refractivity contribution in [2.24, 2.45) is 17.6 Å². The molecule has 0 spiro atoms. The van der Waals surface area contributed by atoms with Gasteiger partial charge in [-0.1, -0.05) is 38.1 Å². The van der Waals surface area contributed by atoms with Gasteiger partial charge in [-0.25, -0.2) is 0 Å². The second-order valence-corrected chi connectivity index (χ2v) is 5.17. The first-order valence-electron chi connectivity index (χ1n) is 6.49. The molecule has 2 rings (SSSR count). The van der Waals surface area contributed by atoms with Gasteiger partial charge in [-0.15, -0.1) is 0 Å². The van der Waals surface area contributed by atoms with Crippen molar-refractivity contribution in [3.63, 3.8) is 0 Å². The van der Waals surface area contributed by atoms with Crippen LogP contribution in [0.15, 0.2) is 24.3 Å². The highest BCUT2D eigenvalue weighted by molar-refractivity contribution is 5.86. The SMILES string of the molecule is CCC(C)C(=O)C(N)C1Cc2ccccc2C1. The highest BCUT2D eigenvalue weighted by Gasteiger charge is 2.31. The molecule has 2 heteroatoms. The van der Waals surface area contributed by atoms with Crippen LogP contribution in [0.3, 0.4) is 0 Å². The van der Waals surface area contributed by atoms with Crippen molar-refractivity contribution in [3.05, 3.63) is 35.4 Å². The molecule has 2 nitrogen and oxygen atoms in total. The molecular weight excluding hydrogens is 210 g/mol. The van der Waals surface area contributed by atoms with Crippen LogP contribution in [0.5, 0.6) is 0 Å². The van der Waals surface area contributed by atoms with E-state index in [1.54, 1.807) is 0 Å². The van der Waals surface area contributed by atoms with E-state index in [9.17, 15) is 4.79 Å². The van der Waals surface area contributed by atoms with Gasteiger partial charge in [0.1, 0.15) is 0 Å². The van der Waals surface area contributed by atoms with E-state index < -0.39 is 0 Å². The maximum atomic E-state index is 12.1. The monoisotopic (exact) mass is 231 g/mol. The van der Waals surface area contributed by atoms with E-state index in [0.29, 0.717) is 5.92 Å². The van der Waals surface area contributed by atoms with Crippen molar-refractivity contribution in [3.8, 4) is 0 Å². The molecule has 2 N–H and O–H groups in total. The Morgan fingerprint density at radius 2 is 1.88 bits per heavy atom. The van der Waals surface area contributed by atoms with Crippen LogP contribution < -0.4 is 5.73 Å². The van der Waals surface area contributed by atoms with Gasteiger partial charge in [0.05, 0.1) is 6.04 Å². The second-order valence-electron chi connectivity index (χ2n) is 5.17.